The first-order valence-corrected chi connectivity index (χ1v) is 11.1. The van der Waals surface area contributed by atoms with Crippen LogP contribution in [-0.2, 0) is 4.79 Å². The minimum absolute atomic E-state index is 0.0604. The number of benzene rings is 1. The number of nitrogens with zero attached hydrogens (tertiary/aromatic N) is 3. The molecule has 1 aliphatic heterocycles. The van der Waals surface area contributed by atoms with E-state index in [1.54, 1.807) is 24.5 Å². The summed E-state index contributed by atoms with van der Waals surface area (Å²) in [5.74, 6) is -0.141. The Morgan fingerprint density at radius 2 is 1.81 bits per heavy atom. The van der Waals surface area contributed by atoms with Gasteiger partial charge in [-0.1, -0.05) is 30.7 Å². The van der Waals surface area contributed by atoms with Crippen molar-refractivity contribution < 1.29 is 9.59 Å². The summed E-state index contributed by atoms with van der Waals surface area (Å²) in [5, 5.41) is 7.04. The second kappa shape index (κ2) is 12.6. The van der Waals surface area contributed by atoms with Crippen molar-refractivity contribution in [3.63, 3.8) is 0 Å². The number of amides is 2. The number of piperidine rings is 1. The standard InChI is InChI=1S/C24H31N5O2/c30-23(20-11-3-1-4-12-20)26-16-8-6-14-22(29-17-9-2-10-18-29)24(31)28-27-19-21-13-5-7-15-25-21/h1,3-5,7,11-13,15,19,22H,2,6,8-10,14,16-18H2,(H,26,30)(H,28,31). The summed E-state index contributed by atoms with van der Waals surface area (Å²) in [5.41, 5.74) is 4.05. The predicted molar refractivity (Wildman–Crippen MR) is 122 cm³/mol. The summed E-state index contributed by atoms with van der Waals surface area (Å²) in [4.78, 5) is 31.4. The first-order chi connectivity index (χ1) is 15.2. The molecule has 1 aromatic heterocycles. The van der Waals surface area contributed by atoms with Crippen LogP contribution >= 0.6 is 0 Å². The van der Waals surface area contributed by atoms with Crippen molar-refractivity contribution in [1.82, 2.24) is 20.6 Å². The Hall–Kier alpha value is -3.06. The van der Waals surface area contributed by atoms with Crippen LogP contribution in [0.4, 0.5) is 0 Å². The molecule has 1 fully saturated rings. The second-order valence-corrected chi connectivity index (χ2v) is 7.72. The van der Waals surface area contributed by atoms with Gasteiger partial charge in [0.15, 0.2) is 0 Å². The zero-order chi connectivity index (χ0) is 21.7. The molecule has 0 radical (unpaired) electrons. The van der Waals surface area contributed by atoms with Crippen LogP contribution in [0.2, 0.25) is 0 Å². The first kappa shape index (κ1) is 22.6. The summed E-state index contributed by atoms with van der Waals surface area (Å²) >= 11 is 0. The molecule has 3 rings (SSSR count). The second-order valence-electron chi connectivity index (χ2n) is 7.72. The highest BCUT2D eigenvalue weighted by Crippen LogP contribution is 2.16. The highest BCUT2D eigenvalue weighted by atomic mass is 16.2. The number of carbonyl (C=O) groups excluding carboxylic acids is 2. The number of rotatable bonds is 10. The van der Waals surface area contributed by atoms with Crippen LogP contribution in [0.25, 0.3) is 0 Å². The van der Waals surface area contributed by atoms with Crippen LogP contribution in [-0.4, -0.2) is 53.6 Å². The molecule has 2 aromatic rings. The van der Waals surface area contributed by atoms with Gasteiger partial charge in [-0.15, -0.1) is 0 Å². The number of hydrazone groups is 1. The number of pyridine rings is 1. The quantitative estimate of drug-likeness (QED) is 0.351. The van der Waals surface area contributed by atoms with E-state index in [-0.39, 0.29) is 17.9 Å². The maximum absolute atomic E-state index is 12.8. The first-order valence-electron chi connectivity index (χ1n) is 11.1. The van der Waals surface area contributed by atoms with Crippen molar-refractivity contribution in [3.8, 4) is 0 Å². The van der Waals surface area contributed by atoms with E-state index >= 15 is 0 Å². The van der Waals surface area contributed by atoms with E-state index < -0.39 is 0 Å². The molecule has 164 valence electrons. The minimum atomic E-state index is -0.203. The number of likely N-dealkylation sites (tertiary alicyclic amines) is 1. The fraction of sp³-hybridized carbons (Fsp3) is 0.417. The molecular weight excluding hydrogens is 390 g/mol. The van der Waals surface area contributed by atoms with Crippen LogP contribution < -0.4 is 10.7 Å². The molecule has 31 heavy (non-hydrogen) atoms. The van der Waals surface area contributed by atoms with Crippen molar-refractivity contribution in [3.05, 3.63) is 66.0 Å². The SMILES string of the molecule is O=C(NCCCCC(C(=O)NN=Cc1ccccn1)N1CCCCC1)c1ccccc1. The predicted octanol–water partition coefficient (Wildman–Crippen LogP) is 2.99. The van der Waals surface area contributed by atoms with Crippen molar-refractivity contribution in [1.29, 1.82) is 0 Å². The largest absolute Gasteiger partial charge is 0.352 e. The summed E-state index contributed by atoms with van der Waals surface area (Å²) in [7, 11) is 0. The van der Waals surface area contributed by atoms with Gasteiger partial charge in [-0.3, -0.25) is 19.5 Å². The molecule has 1 saturated heterocycles. The number of carbonyl (C=O) groups is 2. The van der Waals surface area contributed by atoms with Crippen molar-refractivity contribution in [2.24, 2.45) is 5.10 Å². The molecule has 1 aromatic carbocycles. The van der Waals surface area contributed by atoms with Gasteiger partial charge in [0.1, 0.15) is 0 Å². The van der Waals surface area contributed by atoms with Gasteiger partial charge >= 0.3 is 0 Å². The van der Waals surface area contributed by atoms with Gasteiger partial charge in [-0.05, 0) is 69.5 Å². The van der Waals surface area contributed by atoms with E-state index in [4.69, 9.17) is 0 Å². The monoisotopic (exact) mass is 421 g/mol. The van der Waals surface area contributed by atoms with Crippen molar-refractivity contribution in [2.45, 2.75) is 44.6 Å². The fourth-order valence-corrected chi connectivity index (χ4v) is 3.75. The number of hydrogen-bond acceptors (Lipinski definition) is 5. The summed E-state index contributed by atoms with van der Waals surface area (Å²) < 4.78 is 0. The van der Waals surface area contributed by atoms with Crippen molar-refractivity contribution in [2.75, 3.05) is 19.6 Å². The van der Waals surface area contributed by atoms with Crippen LogP contribution in [0.3, 0.4) is 0 Å². The normalized spacial score (nSPS) is 15.5. The molecule has 2 heterocycles. The Labute approximate surface area is 183 Å². The molecule has 0 bridgehead atoms. The fourth-order valence-electron chi connectivity index (χ4n) is 3.75. The van der Waals surface area contributed by atoms with Crippen LogP contribution in [0.15, 0.2) is 59.8 Å². The maximum atomic E-state index is 12.8. The van der Waals surface area contributed by atoms with Gasteiger partial charge in [0.05, 0.1) is 18.0 Å². The summed E-state index contributed by atoms with van der Waals surface area (Å²) in [6, 6.07) is 14.6. The molecule has 1 unspecified atom stereocenters. The zero-order valence-electron chi connectivity index (χ0n) is 17.9. The Morgan fingerprint density at radius 1 is 1.03 bits per heavy atom. The Bertz CT molecular complexity index is 836. The number of hydrogen-bond donors (Lipinski definition) is 2. The summed E-state index contributed by atoms with van der Waals surface area (Å²) in [6.45, 7) is 2.47. The highest BCUT2D eigenvalue weighted by Gasteiger charge is 2.26. The third kappa shape index (κ3) is 7.61. The molecular formula is C24H31N5O2. The maximum Gasteiger partial charge on any atom is 0.257 e. The zero-order valence-corrected chi connectivity index (χ0v) is 17.9. The van der Waals surface area contributed by atoms with E-state index in [2.05, 4.69) is 25.7 Å². The number of unbranched alkanes of at least 4 members (excludes halogenated alkanes) is 1. The molecule has 1 aliphatic rings. The minimum Gasteiger partial charge on any atom is -0.352 e. The lowest BCUT2D eigenvalue weighted by atomic mass is 10.0. The Kier molecular flexibility index (Phi) is 9.19. The molecule has 2 N–H and O–H groups in total. The van der Waals surface area contributed by atoms with Gasteiger partial charge < -0.3 is 5.32 Å². The molecule has 7 nitrogen and oxygen atoms in total. The van der Waals surface area contributed by atoms with E-state index in [1.165, 1.54) is 6.42 Å². The van der Waals surface area contributed by atoms with Crippen LogP contribution in [0.5, 0.6) is 0 Å². The van der Waals surface area contributed by atoms with Gasteiger partial charge in [0.25, 0.3) is 11.8 Å². The van der Waals surface area contributed by atoms with Crippen LogP contribution in [0, 0.1) is 0 Å². The van der Waals surface area contributed by atoms with Crippen LogP contribution in [0.1, 0.15) is 54.6 Å². The Balaban J connectivity index is 1.46. The van der Waals surface area contributed by atoms with E-state index in [1.807, 2.05) is 36.4 Å². The topological polar surface area (TPSA) is 86.7 Å². The van der Waals surface area contributed by atoms with E-state index in [0.29, 0.717) is 17.8 Å². The lowest BCUT2D eigenvalue weighted by Gasteiger charge is -2.33. The molecule has 0 saturated carbocycles. The van der Waals surface area contributed by atoms with E-state index in [9.17, 15) is 9.59 Å². The highest BCUT2D eigenvalue weighted by molar-refractivity contribution is 5.94. The molecule has 2 amide bonds. The third-order valence-electron chi connectivity index (χ3n) is 5.42. The van der Waals surface area contributed by atoms with Gasteiger partial charge in [-0.2, -0.15) is 5.10 Å². The smallest absolute Gasteiger partial charge is 0.257 e. The molecule has 0 spiro atoms. The molecule has 0 aliphatic carbocycles. The summed E-state index contributed by atoms with van der Waals surface area (Å²) in [6.07, 6.45) is 9.13. The lowest BCUT2D eigenvalue weighted by molar-refractivity contribution is -0.127. The average Bonchev–Trinajstić information content (AvgIpc) is 2.83. The molecule has 7 heteroatoms. The van der Waals surface area contributed by atoms with Gasteiger partial charge in [0.2, 0.25) is 0 Å². The number of nitrogens with one attached hydrogen (secondary N) is 2. The molecule has 1 atom stereocenters. The van der Waals surface area contributed by atoms with Gasteiger partial charge in [0, 0.05) is 18.3 Å². The average molecular weight is 422 g/mol. The number of aromatic nitrogens is 1. The lowest BCUT2D eigenvalue weighted by Crippen LogP contribution is -2.47. The van der Waals surface area contributed by atoms with Crippen molar-refractivity contribution >= 4 is 18.0 Å². The van der Waals surface area contributed by atoms with Gasteiger partial charge in [-0.25, -0.2) is 5.43 Å². The Morgan fingerprint density at radius 3 is 2.55 bits per heavy atom. The van der Waals surface area contributed by atoms with E-state index in [0.717, 1.165) is 45.2 Å². The third-order valence-corrected chi connectivity index (χ3v) is 5.42.